The SMILES string of the molecule is CCOC(=O)C1=C(C)NC(SCC)=NC1c1cccc(Br)c1. The number of benzene rings is 1. The standard InChI is InChI=1S/C16H19BrN2O2S/c1-4-21-15(20)13-10(3)18-16(22-5-2)19-14(13)11-7-6-8-12(17)9-11/h6-9,14H,4-5H2,1-3H3,(H,18,19). The predicted octanol–water partition coefficient (Wildman–Crippen LogP) is 4.04. The molecule has 1 aliphatic rings. The lowest BCUT2D eigenvalue weighted by atomic mass is 9.97. The van der Waals surface area contributed by atoms with Crippen molar-refractivity contribution in [1.29, 1.82) is 0 Å². The van der Waals surface area contributed by atoms with Crippen LogP contribution in [0.4, 0.5) is 0 Å². The Balaban J connectivity index is 2.45. The molecule has 1 unspecified atom stereocenters. The van der Waals surface area contributed by atoms with Crippen molar-refractivity contribution in [3.05, 3.63) is 45.6 Å². The van der Waals surface area contributed by atoms with E-state index in [1.54, 1.807) is 18.7 Å². The van der Waals surface area contributed by atoms with Crippen molar-refractivity contribution >= 4 is 38.8 Å². The molecule has 4 nitrogen and oxygen atoms in total. The molecule has 1 aliphatic heterocycles. The van der Waals surface area contributed by atoms with Crippen LogP contribution in [0, 0.1) is 0 Å². The molecule has 2 rings (SSSR count). The van der Waals surface area contributed by atoms with Gasteiger partial charge in [-0.25, -0.2) is 9.79 Å². The van der Waals surface area contributed by atoms with Gasteiger partial charge in [0.15, 0.2) is 5.17 Å². The van der Waals surface area contributed by atoms with Crippen molar-refractivity contribution in [3.8, 4) is 0 Å². The minimum absolute atomic E-state index is 0.318. The van der Waals surface area contributed by atoms with E-state index in [-0.39, 0.29) is 12.0 Å². The topological polar surface area (TPSA) is 50.7 Å². The molecule has 1 aromatic carbocycles. The Morgan fingerprint density at radius 3 is 2.86 bits per heavy atom. The maximum absolute atomic E-state index is 12.3. The van der Waals surface area contributed by atoms with Gasteiger partial charge in [-0.05, 0) is 37.3 Å². The van der Waals surface area contributed by atoms with Crippen LogP contribution in [0.3, 0.4) is 0 Å². The number of nitrogens with one attached hydrogen (secondary N) is 1. The van der Waals surface area contributed by atoms with E-state index in [9.17, 15) is 4.79 Å². The molecule has 1 N–H and O–H groups in total. The minimum Gasteiger partial charge on any atom is -0.463 e. The summed E-state index contributed by atoms with van der Waals surface area (Å²) in [6, 6.07) is 7.52. The molecule has 1 heterocycles. The molecular weight excluding hydrogens is 364 g/mol. The van der Waals surface area contributed by atoms with Crippen LogP contribution < -0.4 is 5.32 Å². The zero-order valence-corrected chi connectivity index (χ0v) is 15.3. The van der Waals surface area contributed by atoms with Crippen LogP contribution in [0.1, 0.15) is 32.4 Å². The van der Waals surface area contributed by atoms with Crippen LogP contribution in [-0.2, 0) is 9.53 Å². The molecule has 0 bridgehead atoms. The highest BCUT2D eigenvalue weighted by Gasteiger charge is 2.30. The number of carbonyl (C=O) groups is 1. The highest BCUT2D eigenvalue weighted by molar-refractivity contribution is 9.10. The number of ether oxygens (including phenoxy) is 1. The Kier molecular flexibility index (Phi) is 6.08. The summed E-state index contributed by atoms with van der Waals surface area (Å²) in [5.41, 5.74) is 2.34. The summed E-state index contributed by atoms with van der Waals surface area (Å²) in [6.45, 7) is 6.12. The largest absolute Gasteiger partial charge is 0.463 e. The maximum Gasteiger partial charge on any atom is 0.338 e. The van der Waals surface area contributed by atoms with Gasteiger partial charge in [-0.2, -0.15) is 0 Å². The third kappa shape index (κ3) is 3.93. The molecule has 1 atom stereocenters. The Morgan fingerprint density at radius 2 is 2.23 bits per heavy atom. The Hall–Kier alpha value is -1.27. The first-order chi connectivity index (χ1) is 10.6. The number of nitrogens with zero attached hydrogens (tertiary/aromatic N) is 1. The normalized spacial score (nSPS) is 17.8. The summed E-state index contributed by atoms with van der Waals surface area (Å²) in [7, 11) is 0. The molecular formula is C16H19BrN2O2S. The molecule has 1 aromatic rings. The Morgan fingerprint density at radius 1 is 1.45 bits per heavy atom. The van der Waals surface area contributed by atoms with Gasteiger partial charge in [0.2, 0.25) is 0 Å². The fourth-order valence-electron chi connectivity index (χ4n) is 2.25. The van der Waals surface area contributed by atoms with Gasteiger partial charge in [-0.1, -0.05) is 46.7 Å². The maximum atomic E-state index is 12.3. The summed E-state index contributed by atoms with van der Waals surface area (Å²) in [5, 5.41) is 4.03. The van der Waals surface area contributed by atoms with E-state index in [0.29, 0.717) is 12.2 Å². The van der Waals surface area contributed by atoms with Crippen LogP contribution in [-0.4, -0.2) is 23.5 Å². The van der Waals surface area contributed by atoms with E-state index in [4.69, 9.17) is 9.73 Å². The predicted molar refractivity (Wildman–Crippen MR) is 94.9 cm³/mol. The Bertz CT molecular complexity index is 628. The van der Waals surface area contributed by atoms with E-state index in [1.165, 1.54) is 0 Å². The lowest BCUT2D eigenvalue weighted by molar-refractivity contribution is -0.138. The van der Waals surface area contributed by atoms with Crippen molar-refractivity contribution < 1.29 is 9.53 Å². The van der Waals surface area contributed by atoms with Gasteiger partial charge >= 0.3 is 5.97 Å². The van der Waals surface area contributed by atoms with E-state index < -0.39 is 0 Å². The molecule has 0 aromatic heterocycles. The quantitative estimate of drug-likeness (QED) is 0.798. The smallest absolute Gasteiger partial charge is 0.338 e. The number of thioether (sulfide) groups is 1. The van der Waals surface area contributed by atoms with Gasteiger partial charge in [0.1, 0.15) is 6.04 Å². The molecule has 0 radical (unpaired) electrons. The van der Waals surface area contributed by atoms with Crippen LogP contribution in [0.5, 0.6) is 0 Å². The molecule has 0 spiro atoms. The zero-order valence-electron chi connectivity index (χ0n) is 12.9. The van der Waals surface area contributed by atoms with Gasteiger partial charge in [0.25, 0.3) is 0 Å². The van der Waals surface area contributed by atoms with Crippen molar-refractivity contribution in [2.24, 2.45) is 4.99 Å². The third-order valence-corrected chi connectivity index (χ3v) is 4.42. The van der Waals surface area contributed by atoms with Gasteiger partial charge in [-0.3, -0.25) is 0 Å². The van der Waals surface area contributed by atoms with Crippen molar-refractivity contribution in [2.45, 2.75) is 26.8 Å². The second-order valence-electron chi connectivity index (χ2n) is 4.71. The summed E-state index contributed by atoms with van der Waals surface area (Å²) >= 11 is 5.10. The lowest BCUT2D eigenvalue weighted by Gasteiger charge is -2.25. The van der Waals surface area contributed by atoms with Gasteiger partial charge in [-0.15, -0.1) is 0 Å². The fraction of sp³-hybridized carbons (Fsp3) is 0.375. The number of hydrogen-bond acceptors (Lipinski definition) is 5. The van der Waals surface area contributed by atoms with Crippen LogP contribution in [0.15, 0.2) is 45.0 Å². The molecule has 0 aliphatic carbocycles. The van der Waals surface area contributed by atoms with Crippen molar-refractivity contribution in [2.75, 3.05) is 12.4 Å². The molecule has 0 amide bonds. The molecule has 22 heavy (non-hydrogen) atoms. The van der Waals surface area contributed by atoms with Gasteiger partial charge in [0.05, 0.1) is 12.2 Å². The number of rotatable bonds is 4. The molecule has 0 saturated heterocycles. The first-order valence-electron chi connectivity index (χ1n) is 7.17. The minimum atomic E-state index is -0.341. The first-order valence-corrected chi connectivity index (χ1v) is 8.95. The molecule has 6 heteroatoms. The van der Waals surface area contributed by atoms with Crippen LogP contribution >= 0.6 is 27.7 Å². The number of carbonyl (C=O) groups excluding carboxylic acids is 1. The molecule has 0 saturated carbocycles. The lowest BCUT2D eigenvalue weighted by Crippen LogP contribution is -2.30. The van der Waals surface area contributed by atoms with E-state index >= 15 is 0 Å². The van der Waals surface area contributed by atoms with E-state index in [1.807, 2.05) is 31.2 Å². The molecule has 0 fully saturated rings. The number of esters is 1. The second-order valence-corrected chi connectivity index (χ2v) is 6.88. The first kappa shape index (κ1) is 17.1. The van der Waals surface area contributed by atoms with Gasteiger partial charge in [0, 0.05) is 10.2 Å². The number of aliphatic imine (C=N–C) groups is 1. The Labute approximate surface area is 143 Å². The van der Waals surface area contributed by atoms with E-state index in [0.717, 1.165) is 26.7 Å². The van der Waals surface area contributed by atoms with Crippen LogP contribution in [0.25, 0.3) is 0 Å². The van der Waals surface area contributed by atoms with Crippen LogP contribution in [0.2, 0.25) is 0 Å². The highest BCUT2D eigenvalue weighted by Crippen LogP contribution is 2.33. The van der Waals surface area contributed by atoms with Crippen molar-refractivity contribution in [1.82, 2.24) is 5.32 Å². The molecule has 118 valence electrons. The monoisotopic (exact) mass is 382 g/mol. The average molecular weight is 383 g/mol. The second kappa shape index (κ2) is 7.83. The number of hydrogen-bond donors (Lipinski definition) is 1. The number of allylic oxidation sites excluding steroid dienone is 1. The van der Waals surface area contributed by atoms with Crippen molar-refractivity contribution in [3.63, 3.8) is 0 Å². The van der Waals surface area contributed by atoms with Gasteiger partial charge < -0.3 is 10.1 Å². The fourth-order valence-corrected chi connectivity index (χ4v) is 3.34. The van der Waals surface area contributed by atoms with E-state index in [2.05, 4.69) is 28.2 Å². The zero-order chi connectivity index (χ0) is 16.1. The summed E-state index contributed by atoms with van der Waals surface area (Å²) in [6.07, 6.45) is 0. The third-order valence-electron chi connectivity index (χ3n) is 3.16. The summed E-state index contributed by atoms with van der Waals surface area (Å²) < 4.78 is 6.17. The highest BCUT2D eigenvalue weighted by atomic mass is 79.9. The number of halogens is 1. The summed E-state index contributed by atoms with van der Waals surface area (Å²) in [4.78, 5) is 17.0. The number of amidine groups is 1. The summed E-state index contributed by atoms with van der Waals surface area (Å²) in [5.74, 6) is 0.598. The average Bonchev–Trinajstić information content (AvgIpc) is 2.47.